The topological polar surface area (TPSA) is 49.8 Å². The van der Waals surface area contributed by atoms with Crippen LogP contribution in [-0.4, -0.2) is 0 Å². The molecule has 1 aromatic carbocycles. The molecule has 0 heterocycles. The molecule has 1 rings (SSSR count). The Morgan fingerprint density at radius 3 is 2.73 bits per heavy atom. The fourth-order valence-electron chi connectivity index (χ4n) is 0.868. The van der Waals surface area contributed by atoms with Crippen molar-refractivity contribution in [3.8, 4) is 6.07 Å². The van der Waals surface area contributed by atoms with Gasteiger partial charge < -0.3 is 5.73 Å². The number of nitriles is 1. The number of halogens is 1. The van der Waals surface area contributed by atoms with Gasteiger partial charge in [0.25, 0.3) is 0 Å². The third kappa shape index (κ3) is 1.44. The second-order valence-corrected chi connectivity index (χ2v) is 2.39. The highest BCUT2D eigenvalue weighted by molar-refractivity contribution is 6.17. The number of hydrogen-bond acceptors (Lipinski definition) is 2. The van der Waals surface area contributed by atoms with Gasteiger partial charge in [-0.2, -0.15) is 5.26 Å². The lowest BCUT2D eigenvalue weighted by Crippen LogP contribution is -1.93. The quantitative estimate of drug-likeness (QED) is 0.512. The summed E-state index contributed by atoms with van der Waals surface area (Å²) in [5.41, 5.74) is 7.29. The standard InChI is InChI=1S/C8H7ClN2/c9-4-6-2-1-3-8(11)7(6)5-10/h1-3H,4,11H2. The van der Waals surface area contributed by atoms with Crippen molar-refractivity contribution in [1.29, 1.82) is 5.26 Å². The molecular formula is C8H7ClN2. The van der Waals surface area contributed by atoms with E-state index in [-0.39, 0.29) is 0 Å². The first-order valence-electron chi connectivity index (χ1n) is 3.13. The summed E-state index contributed by atoms with van der Waals surface area (Å²) in [5.74, 6) is 0.327. The monoisotopic (exact) mass is 166 g/mol. The molecule has 0 unspecified atom stereocenters. The van der Waals surface area contributed by atoms with E-state index in [0.29, 0.717) is 17.1 Å². The Morgan fingerprint density at radius 2 is 2.27 bits per heavy atom. The van der Waals surface area contributed by atoms with Gasteiger partial charge >= 0.3 is 0 Å². The van der Waals surface area contributed by atoms with E-state index in [4.69, 9.17) is 22.6 Å². The van der Waals surface area contributed by atoms with Gasteiger partial charge in [-0.25, -0.2) is 0 Å². The zero-order valence-corrected chi connectivity index (χ0v) is 6.60. The summed E-state index contributed by atoms with van der Waals surface area (Å²) >= 11 is 5.58. The number of nitrogens with two attached hydrogens (primary N) is 1. The molecule has 11 heavy (non-hydrogen) atoms. The van der Waals surface area contributed by atoms with Crippen LogP contribution >= 0.6 is 11.6 Å². The lowest BCUT2D eigenvalue weighted by Gasteiger charge is -2.00. The van der Waals surface area contributed by atoms with Crippen LogP contribution in [0.25, 0.3) is 0 Å². The highest BCUT2D eigenvalue weighted by Gasteiger charge is 2.02. The van der Waals surface area contributed by atoms with Crippen LogP contribution in [0.4, 0.5) is 5.69 Å². The van der Waals surface area contributed by atoms with Crippen LogP contribution in [0.15, 0.2) is 18.2 Å². The Morgan fingerprint density at radius 1 is 1.55 bits per heavy atom. The molecule has 56 valence electrons. The van der Waals surface area contributed by atoms with Gasteiger partial charge in [0.2, 0.25) is 0 Å². The van der Waals surface area contributed by atoms with E-state index in [2.05, 4.69) is 0 Å². The summed E-state index contributed by atoms with van der Waals surface area (Å²) < 4.78 is 0. The Hall–Kier alpha value is -1.20. The summed E-state index contributed by atoms with van der Waals surface area (Å²) in [6.07, 6.45) is 0. The van der Waals surface area contributed by atoms with Crippen LogP contribution in [0.3, 0.4) is 0 Å². The van der Waals surface area contributed by atoms with E-state index >= 15 is 0 Å². The highest BCUT2D eigenvalue weighted by Crippen LogP contribution is 2.16. The number of nitrogen functional groups attached to an aromatic ring is 1. The molecule has 3 heteroatoms. The Kier molecular flexibility index (Phi) is 2.35. The molecule has 2 nitrogen and oxygen atoms in total. The fourth-order valence-corrected chi connectivity index (χ4v) is 1.09. The van der Waals surface area contributed by atoms with Crippen LogP contribution in [0.1, 0.15) is 11.1 Å². The number of alkyl halides is 1. The average molecular weight is 167 g/mol. The first kappa shape index (κ1) is 7.90. The number of rotatable bonds is 1. The zero-order chi connectivity index (χ0) is 8.27. The van der Waals surface area contributed by atoms with E-state index in [1.54, 1.807) is 18.2 Å². The van der Waals surface area contributed by atoms with Crippen molar-refractivity contribution >= 4 is 17.3 Å². The van der Waals surface area contributed by atoms with E-state index in [1.807, 2.05) is 6.07 Å². The molecule has 0 saturated carbocycles. The maximum Gasteiger partial charge on any atom is 0.102 e. The third-order valence-corrected chi connectivity index (χ3v) is 1.73. The number of anilines is 1. The normalized spacial score (nSPS) is 9.09. The van der Waals surface area contributed by atoms with Gasteiger partial charge in [0.1, 0.15) is 6.07 Å². The molecule has 2 N–H and O–H groups in total. The summed E-state index contributed by atoms with van der Waals surface area (Å²) in [5, 5.41) is 8.64. The molecule has 0 amide bonds. The second kappa shape index (κ2) is 3.27. The first-order chi connectivity index (χ1) is 5.29. The lowest BCUT2D eigenvalue weighted by atomic mass is 10.1. The Balaban J connectivity index is 3.27. The predicted octanol–water partition coefficient (Wildman–Crippen LogP) is 1.88. The lowest BCUT2D eigenvalue weighted by molar-refractivity contribution is 1.35. The Labute approximate surface area is 70.2 Å². The van der Waals surface area contributed by atoms with Crippen LogP contribution in [0.5, 0.6) is 0 Å². The second-order valence-electron chi connectivity index (χ2n) is 2.13. The average Bonchev–Trinajstić information content (AvgIpc) is 2.04. The molecule has 0 aliphatic heterocycles. The summed E-state index contributed by atoms with van der Waals surface area (Å²) in [4.78, 5) is 0. The molecule has 0 spiro atoms. The summed E-state index contributed by atoms with van der Waals surface area (Å²) in [6.45, 7) is 0. The van der Waals surface area contributed by atoms with Gasteiger partial charge in [-0.3, -0.25) is 0 Å². The molecule has 1 aromatic rings. The zero-order valence-electron chi connectivity index (χ0n) is 5.84. The first-order valence-corrected chi connectivity index (χ1v) is 3.66. The van der Waals surface area contributed by atoms with Gasteiger partial charge in [0.05, 0.1) is 5.56 Å². The fraction of sp³-hybridized carbons (Fsp3) is 0.125. The maximum atomic E-state index is 8.64. The van der Waals surface area contributed by atoms with Gasteiger partial charge in [-0.05, 0) is 11.6 Å². The molecule has 0 saturated heterocycles. The minimum absolute atomic E-state index is 0.327. The molecule has 0 aliphatic carbocycles. The van der Waals surface area contributed by atoms with E-state index in [0.717, 1.165) is 5.56 Å². The van der Waals surface area contributed by atoms with Crippen molar-refractivity contribution in [3.05, 3.63) is 29.3 Å². The molecular weight excluding hydrogens is 160 g/mol. The molecule has 0 bridgehead atoms. The van der Waals surface area contributed by atoms with Crippen molar-refractivity contribution in [2.24, 2.45) is 0 Å². The largest absolute Gasteiger partial charge is 0.398 e. The number of hydrogen-bond donors (Lipinski definition) is 1. The van der Waals surface area contributed by atoms with Crippen LogP contribution in [0, 0.1) is 11.3 Å². The smallest absolute Gasteiger partial charge is 0.102 e. The SMILES string of the molecule is N#Cc1c(N)cccc1CCl. The van der Waals surface area contributed by atoms with Crippen LogP contribution in [0.2, 0.25) is 0 Å². The molecule has 0 fully saturated rings. The molecule has 0 aromatic heterocycles. The molecule has 0 radical (unpaired) electrons. The summed E-state index contributed by atoms with van der Waals surface area (Å²) in [6, 6.07) is 7.27. The third-order valence-electron chi connectivity index (χ3n) is 1.44. The minimum atomic E-state index is 0.327. The maximum absolute atomic E-state index is 8.64. The van der Waals surface area contributed by atoms with Crippen molar-refractivity contribution in [2.45, 2.75) is 5.88 Å². The van der Waals surface area contributed by atoms with E-state index in [9.17, 15) is 0 Å². The molecule has 0 aliphatic rings. The minimum Gasteiger partial charge on any atom is -0.398 e. The van der Waals surface area contributed by atoms with Crippen molar-refractivity contribution in [3.63, 3.8) is 0 Å². The van der Waals surface area contributed by atoms with Gasteiger partial charge in [-0.1, -0.05) is 12.1 Å². The van der Waals surface area contributed by atoms with E-state index < -0.39 is 0 Å². The Bertz CT molecular complexity index is 301. The van der Waals surface area contributed by atoms with Crippen molar-refractivity contribution in [2.75, 3.05) is 5.73 Å². The number of nitrogens with zero attached hydrogens (tertiary/aromatic N) is 1. The van der Waals surface area contributed by atoms with Gasteiger partial charge in [0, 0.05) is 11.6 Å². The highest BCUT2D eigenvalue weighted by atomic mass is 35.5. The van der Waals surface area contributed by atoms with Crippen LogP contribution in [-0.2, 0) is 5.88 Å². The van der Waals surface area contributed by atoms with Crippen LogP contribution < -0.4 is 5.73 Å². The van der Waals surface area contributed by atoms with Crippen molar-refractivity contribution < 1.29 is 0 Å². The van der Waals surface area contributed by atoms with E-state index in [1.165, 1.54) is 0 Å². The number of benzene rings is 1. The summed E-state index contributed by atoms with van der Waals surface area (Å²) in [7, 11) is 0. The van der Waals surface area contributed by atoms with Crippen molar-refractivity contribution in [1.82, 2.24) is 0 Å². The molecule has 0 atom stereocenters. The van der Waals surface area contributed by atoms with Gasteiger partial charge in [0.15, 0.2) is 0 Å². The predicted molar refractivity (Wildman–Crippen MR) is 45.1 cm³/mol. The van der Waals surface area contributed by atoms with Gasteiger partial charge in [-0.15, -0.1) is 11.6 Å².